The molecule has 6 nitrogen and oxygen atoms in total. The van der Waals surface area contributed by atoms with Crippen molar-refractivity contribution in [1.29, 1.82) is 0 Å². The van der Waals surface area contributed by atoms with Crippen LogP contribution in [0.5, 0.6) is 0 Å². The van der Waals surface area contributed by atoms with Gasteiger partial charge in [-0.3, -0.25) is 4.79 Å². The third kappa shape index (κ3) is 3.32. The Bertz CT molecular complexity index is 324. The molecule has 0 aliphatic rings. The van der Waals surface area contributed by atoms with Gasteiger partial charge in [0.15, 0.2) is 0 Å². The highest BCUT2D eigenvalue weighted by atomic mass is 16.4. The molecule has 1 heterocycles. The maximum absolute atomic E-state index is 10.5. The number of rotatable bonds is 6. The number of aromatic nitrogens is 3. The van der Waals surface area contributed by atoms with Crippen LogP contribution in [0.3, 0.4) is 0 Å². The smallest absolute Gasteiger partial charge is 0.307 e. The van der Waals surface area contributed by atoms with E-state index in [0.29, 0.717) is 13.1 Å². The molecular weight excluding hydrogens is 196 g/mol. The van der Waals surface area contributed by atoms with Gasteiger partial charge in [0.2, 0.25) is 0 Å². The third-order valence-electron chi connectivity index (χ3n) is 2.19. The molecule has 0 aromatic carbocycles. The Balaban J connectivity index is 2.34. The molecule has 1 unspecified atom stereocenters. The van der Waals surface area contributed by atoms with Crippen molar-refractivity contribution in [2.24, 2.45) is 5.92 Å². The predicted octanol–water partition coefficient (Wildman–Crippen LogP) is 0.108. The van der Waals surface area contributed by atoms with Crippen LogP contribution < -0.4 is 5.32 Å². The van der Waals surface area contributed by atoms with E-state index in [-0.39, 0.29) is 5.92 Å². The summed E-state index contributed by atoms with van der Waals surface area (Å²) in [7, 11) is 0. The number of aryl methyl sites for hydroxylation is 1. The molecular formula is C9H16N4O2. The van der Waals surface area contributed by atoms with Crippen LogP contribution in [-0.2, 0) is 17.9 Å². The lowest BCUT2D eigenvalue weighted by molar-refractivity contribution is -0.140. The molecule has 0 aliphatic carbocycles. The maximum Gasteiger partial charge on any atom is 0.307 e. The first-order valence-electron chi connectivity index (χ1n) is 4.95. The molecule has 1 rings (SSSR count). The van der Waals surface area contributed by atoms with Crippen LogP contribution in [0.2, 0.25) is 0 Å². The highest BCUT2D eigenvalue weighted by molar-refractivity contribution is 5.69. The van der Waals surface area contributed by atoms with Crippen LogP contribution in [0, 0.1) is 5.92 Å². The molecule has 0 aliphatic heterocycles. The van der Waals surface area contributed by atoms with E-state index >= 15 is 0 Å². The first-order valence-corrected chi connectivity index (χ1v) is 4.95. The van der Waals surface area contributed by atoms with Gasteiger partial charge in [0.05, 0.1) is 12.5 Å². The number of aliphatic carboxylic acids is 1. The highest BCUT2D eigenvalue weighted by Crippen LogP contribution is 1.96. The zero-order chi connectivity index (χ0) is 11.3. The fourth-order valence-corrected chi connectivity index (χ4v) is 1.17. The maximum atomic E-state index is 10.5. The fourth-order valence-electron chi connectivity index (χ4n) is 1.17. The molecule has 0 saturated carbocycles. The van der Waals surface area contributed by atoms with Crippen molar-refractivity contribution in [2.45, 2.75) is 26.9 Å². The van der Waals surface area contributed by atoms with E-state index in [1.807, 2.05) is 11.5 Å². The normalized spacial score (nSPS) is 12.7. The SMILES string of the molecule is CCn1cnnc1CNCC(C)C(=O)O. The van der Waals surface area contributed by atoms with Crippen molar-refractivity contribution >= 4 is 5.97 Å². The molecule has 0 radical (unpaired) electrons. The standard InChI is InChI=1S/C9H16N4O2/c1-3-13-6-11-12-8(13)5-10-4-7(2)9(14)15/h6-7,10H,3-5H2,1-2H3,(H,14,15). The highest BCUT2D eigenvalue weighted by Gasteiger charge is 2.10. The zero-order valence-electron chi connectivity index (χ0n) is 8.97. The van der Waals surface area contributed by atoms with Crippen molar-refractivity contribution < 1.29 is 9.90 Å². The Kier molecular flexibility index (Phi) is 4.23. The van der Waals surface area contributed by atoms with Gasteiger partial charge in [-0.2, -0.15) is 0 Å². The predicted molar refractivity (Wildman–Crippen MR) is 54.2 cm³/mol. The lowest BCUT2D eigenvalue weighted by Gasteiger charge is -2.08. The summed E-state index contributed by atoms with van der Waals surface area (Å²) in [6.45, 7) is 5.47. The van der Waals surface area contributed by atoms with Crippen LogP contribution in [-0.4, -0.2) is 32.4 Å². The van der Waals surface area contributed by atoms with Gasteiger partial charge in [-0.1, -0.05) is 6.92 Å². The molecule has 1 aromatic heterocycles. The van der Waals surface area contributed by atoms with Crippen molar-refractivity contribution in [3.8, 4) is 0 Å². The van der Waals surface area contributed by atoms with Gasteiger partial charge in [-0.15, -0.1) is 10.2 Å². The Hall–Kier alpha value is -1.43. The van der Waals surface area contributed by atoms with Crippen LogP contribution >= 0.6 is 0 Å². The average molecular weight is 212 g/mol. The first kappa shape index (κ1) is 11.6. The first-order chi connectivity index (χ1) is 7.15. The van der Waals surface area contributed by atoms with Crippen LogP contribution in [0.1, 0.15) is 19.7 Å². The summed E-state index contributed by atoms with van der Waals surface area (Å²) in [5.74, 6) is -0.349. The van der Waals surface area contributed by atoms with Crippen molar-refractivity contribution in [2.75, 3.05) is 6.54 Å². The number of carbonyl (C=O) groups is 1. The molecule has 0 spiro atoms. The Labute approximate surface area is 88.3 Å². The Morgan fingerprint density at radius 3 is 3.07 bits per heavy atom. The molecule has 0 amide bonds. The number of hydrogen-bond donors (Lipinski definition) is 2. The summed E-state index contributed by atoms with van der Waals surface area (Å²) in [6.07, 6.45) is 1.66. The van der Waals surface area contributed by atoms with Crippen LogP contribution in [0.15, 0.2) is 6.33 Å². The quantitative estimate of drug-likeness (QED) is 0.699. The molecule has 84 valence electrons. The van der Waals surface area contributed by atoms with Gasteiger partial charge in [-0.05, 0) is 6.92 Å². The van der Waals surface area contributed by atoms with E-state index in [1.54, 1.807) is 13.3 Å². The average Bonchev–Trinajstić information content (AvgIpc) is 2.65. The Morgan fingerprint density at radius 2 is 2.47 bits per heavy atom. The summed E-state index contributed by atoms with van der Waals surface area (Å²) in [5.41, 5.74) is 0. The van der Waals surface area contributed by atoms with Crippen molar-refractivity contribution in [3.63, 3.8) is 0 Å². The molecule has 0 fully saturated rings. The number of nitrogens with one attached hydrogen (secondary N) is 1. The van der Waals surface area contributed by atoms with Crippen molar-refractivity contribution in [1.82, 2.24) is 20.1 Å². The lowest BCUT2D eigenvalue weighted by atomic mass is 10.2. The number of carboxylic acid groups (broad SMARTS) is 1. The molecule has 2 N–H and O–H groups in total. The minimum atomic E-state index is -0.792. The van der Waals surface area contributed by atoms with E-state index in [4.69, 9.17) is 5.11 Å². The minimum Gasteiger partial charge on any atom is -0.481 e. The van der Waals surface area contributed by atoms with Crippen LogP contribution in [0.4, 0.5) is 0 Å². The minimum absolute atomic E-state index is 0.386. The van der Waals surface area contributed by atoms with Crippen LogP contribution in [0.25, 0.3) is 0 Å². The van der Waals surface area contributed by atoms with Gasteiger partial charge in [0.1, 0.15) is 12.2 Å². The summed E-state index contributed by atoms with van der Waals surface area (Å²) in [5, 5.41) is 19.4. The molecule has 15 heavy (non-hydrogen) atoms. The second-order valence-corrected chi connectivity index (χ2v) is 3.40. The Morgan fingerprint density at radius 1 is 1.73 bits per heavy atom. The van der Waals surface area contributed by atoms with E-state index in [2.05, 4.69) is 15.5 Å². The second kappa shape index (κ2) is 5.45. The van der Waals surface area contributed by atoms with E-state index in [0.717, 1.165) is 12.4 Å². The third-order valence-corrected chi connectivity index (χ3v) is 2.19. The summed E-state index contributed by atoms with van der Waals surface area (Å²) >= 11 is 0. The number of hydrogen-bond acceptors (Lipinski definition) is 4. The van der Waals surface area contributed by atoms with Crippen molar-refractivity contribution in [3.05, 3.63) is 12.2 Å². The largest absolute Gasteiger partial charge is 0.481 e. The summed E-state index contributed by atoms with van der Waals surface area (Å²) in [4.78, 5) is 10.5. The van der Waals surface area contributed by atoms with Gasteiger partial charge in [0.25, 0.3) is 0 Å². The molecule has 6 heteroatoms. The van der Waals surface area contributed by atoms with Gasteiger partial charge >= 0.3 is 5.97 Å². The fraction of sp³-hybridized carbons (Fsp3) is 0.667. The lowest BCUT2D eigenvalue weighted by Crippen LogP contribution is -2.27. The summed E-state index contributed by atoms with van der Waals surface area (Å²) < 4.78 is 1.92. The summed E-state index contributed by atoms with van der Waals surface area (Å²) in [6, 6.07) is 0. The van der Waals surface area contributed by atoms with Gasteiger partial charge < -0.3 is 15.0 Å². The molecule has 0 saturated heterocycles. The van der Waals surface area contributed by atoms with E-state index in [1.165, 1.54) is 0 Å². The number of carboxylic acids is 1. The topological polar surface area (TPSA) is 80.0 Å². The van der Waals surface area contributed by atoms with E-state index < -0.39 is 5.97 Å². The molecule has 1 atom stereocenters. The second-order valence-electron chi connectivity index (χ2n) is 3.40. The zero-order valence-corrected chi connectivity index (χ0v) is 8.97. The monoisotopic (exact) mass is 212 g/mol. The van der Waals surface area contributed by atoms with Gasteiger partial charge in [-0.25, -0.2) is 0 Å². The van der Waals surface area contributed by atoms with Gasteiger partial charge in [0, 0.05) is 13.1 Å². The molecule has 1 aromatic rings. The van der Waals surface area contributed by atoms with E-state index in [9.17, 15) is 4.79 Å². The molecule has 0 bridgehead atoms. The number of nitrogens with zero attached hydrogens (tertiary/aromatic N) is 3.